The summed E-state index contributed by atoms with van der Waals surface area (Å²) in [6, 6.07) is 0. The summed E-state index contributed by atoms with van der Waals surface area (Å²) in [6.07, 6.45) is 1.06. The van der Waals surface area contributed by atoms with Gasteiger partial charge < -0.3 is 9.47 Å². The molecule has 0 atom stereocenters. The highest BCUT2D eigenvalue weighted by molar-refractivity contribution is 4.68. The van der Waals surface area contributed by atoms with Gasteiger partial charge in [-0.15, -0.1) is 0 Å². The van der Waals surface area contributed by atoms with Crippen LogP contribution in [0.2, 0.25) is 0 Å². The molecule has 0 rings (SSSR count). The topological polar surface area (TPSA) is 18.5 Å². The normalized spacial score (nSPS) is 12.0. The molecule has 2 heteroatoms. The van der Waals surface area contributed by atoms with Gasteiger partial charge >= 0.3 is 0 Å². The van der Waals surface area contributed by atoms with Gasteiger partial charge in [-0.3, -0.25) is 0 Å². The van der Waals surface area contributed by atoms with Crippen molar-refractivity contribution in [1.29, 1.82) is 0 Å². The smallest absolute Gasteiger partial charge is 0.0863 e. The van der Waals surface area contributed by atoms with E-state index in [1.54, 1.807) is 6.61 Å². The lowest BCUT2D eigenvalue weighted by molar-refractivity contribution is -0.0464. The Morgan fingerprint density at radius 3 is 2.45 bits per heavy atom. The zero-order valence-corrected chi connectivity index (χ0v) is 8.02. The predicted molar refractivity (Wildman–Crippen MR) is 46.2 cm³/mol. The van der Waals surface area contributed by atoms with Crippen LogP contribution < -0.4 is 0 Å². The molecule has 67 valence electrons. The summed E-state index contributed by atoms with van der Waals surface area (Å²) in [5, 5.41) is 0. The van der Waals surface area contributed by atoms with Crippen molar-refractivity contribution in [2.45, 2.75) is 39.7 Å². The van der Waals surface area contributed by atoms with E-state index in [2.05, 4.69) is 6.92 Å². The Hall–Kier alpha value is -0.0800. The van der Waals surface area contributed by atoms with Crippen LogP contribution in [0.5, 0.6) is 0 Å². The molecule has 0 fully saturated rings. The maximum Gasteiger partial charge on any atom is 0.0863 e. The predicted octanol–water partition coefficient (Wildman–Crippen LogP) is 2.39. The minimum atomic E-state index is -0.177. The van der Waals surface area contributed by atoms with E-state index in [1.165, 1.54) is 0 Å². The molecule has 0 aliphatic rings. The maximum atomic E-state index is 5.36. The van der Waals surface area contributed by atoms with Crippen LogP contribution in [0.4, 0.5) is 0 Å². The van der Waals surface area contributed by atoms with Crippen molar-refractivity contribution >= 4 is 0 Å². The maximum absolute atomic E-state index is 5.36. The van der Waals surface area contributed by atoms with Crippen LogP contribution in [0.25, 0.3) is 0 Å². The summed E-state index contributed by atoms with van der Waals surface area (Å²) in [6.45, 7) is 11.2. The zero-order chi connectivity index (χ0) is 8.74. The second kappa shape index (κ2) is 5.56. The van der Waals surface area contributed by atoms with Gasteiger partial charge in [0.15, 0.2) is 0 Å². The monoisotopic (exact) mass is 159 g/mol. The van der Waals surface area contributed by atoms with E-state index < -0.39 is 0 Å². The van der Waals surface area contributed by atoms with E-state index in [1.807, 2.05) is 20.8 Å². The SMILES string of the molecule is C[CH]OC(C)(C)COCCC. The van der Waals surface area contributed by atoms with E-state index in [-0.39, 0.29) is 5.60 Å². The van der Waals surface area contributed by atoms with Crippen LogP contribution in [0.3, 0.4) is 0 Å². The Morgan fingerprint density at radius 1 is 1.36 bits per heavy atom. The summed E-state index contributed by atoms with van der Waals surface area (Å²) in [5.74, 6) is 0. The highest BCUT2D eigenvalue weighted by atomic mass is 16.5. The standard InChI is InChI=1S/C9H19O2/c1-5-7-10-8-9(3,4)11-6-2/h6H,5,7-8H2,1-4H3. The molecule has 11 heavy (non-hydrogen) atoms. The molecule has 0 unspecified atom stereocenters. The summed E-state index contributed by atoms with van der Waals surface area (Å²) < 4.78 is 10.7. The molecule has 0 aliphatic heterocycles. The lowest BCUT2D eigenvalue weighted by Gasteiger charge is -2.23. The highest BCUT2D eigenvalue weighted by Crippen LogP contribution is 2.10. The largest absolute Gasteiger partial charge is 0.378 e. The van der Waals surface area contributed by atoms with Gasteiger partial charge in [0.05, 0.1) is 18.8 Å². The van der Waals surface area contributed by atoms with Crippen molar-refractivity contribution < 1.29 is 9.47 Å². The minimum absolute atomic E-state index is 0.177. The molecule has 0 N–H and O–H groups in total. The molecule has 0 spiro atoms. The van der Waals surface area contributed by atoms with Crippen molar-refractivity contribution in [3.8, 4) is 0 Å². The zero-order valence-electron chi connectivity index (χ0n) is 8.02. The average Bonchev–Trinajstić information content (AvgIpc) is 1.87. The van der Waals surface area contributed by atoms with Crippen LogP contribution in [-0.4, -0.2) is 18.8 Å². The van der Waals surface area contributed by atoms with Crippen LogP contribution in [0.1, 0.15) is 34.1 Å². The van der Waals surface area contributed by atoms with E-state index in [0.29, 0.717) is 6.61 Å². The molecule has 1 radical (unpaired) electrons. The highest BCUT2D eigenvalue weighted by Gasteiger charge is 2.17. The molecule has 0 amide bonds. The summed E-state index contributed by atoms with van der Waals surface area (Å²) in [7, 11) is 0. The fraction of sp³-hybridized carbons (Fsp3) is 0.889. The molecule has 0 aliphatic carbocycles. The number of hydrogen-bond acceptors (Lipinski definition) is 2. The van der Waals surface area contributed by atoms with Gasteiger partial charge in [0.2, 0.25) is 0 Å². The second-order valence-corrected chi connectivity index (χ2v) is 3.17. The second-order valence-electron chi connectivity index (χ2n) is 3.17. The molecule has 2 nitrogen and oxygen atoms in total. The molecule has 0 aromatic rings. The van der Waals surface area contributed by atoms with Crippen LogP contribution in [-0.2, 0) is 9.47 Å². The van der Waals surface area contributed by atoms with E-state index in [9.17, 15) is 0 Å². The number of hydrogen-bond donors (Lipinski definition) is 0. The third-order valence-electron chi connectivity index (χ3n) is 1.24. The fourth-order valence-corrected chi connectivity index (χ4v) is 0.815. The number of ether oxygens (including phenoxy) is 2. The quantitative estimate of drug-likeness (QED) is 0.554. The first-order chi connectivity index (χ1) is 5.12. The molecule has 0 heterocycles. The van der Waals surface area contributed by atoms with Gasteiger partial charge in [-0.1, -0.05) is 6.92 Å². The Labute approximate surface area is 69.9 Å². The Kier molecular flexibility index (Phi) is 5.51. The summed E-state index contributed by atoms with van der Waals surface area (Å²) in [4.78, 5) is 0. The van der Waals surface area contributed by atoms with Gasteiger partial charge in [-0.25, -0.2) is 0 Å². The molecule has 0 saturated heterocycles. The summed E-state index contributed by atoms with van der Waals surface area (Å²) in [5.41, 5.74) is -0.177. The average molecular weight is 159 g/mol. The van der Waals surface area contributed by atoms with Gasteiger partial charge in [-0.2, -0.15) is 0 Å². The van der Waals surface area contributed by atoms with Crippen molar-refractivity contribution in [3.05, 3.63) is 6.61 Å². The van der Waals surface area contributed by atoms with Crippen LogP contribution in [0.15, 0.2) is 0 Å². The van der Waals surface area contributed by atoms with E-state index in [4.69, 9.17) is 9.47 Å². The van der Waals surface area contributed by atoms with Crippen molar-refractivity contribution in [1.82, 2.24) is 0 Å². The third-order valence-corrected chi connectivity index (χ3v) is 1.24. The van der Waals surface area contributed by atoms with Crippen molar-refractivity contribution in [2.75, 3.05) is 13.2 Å². The molecule has 0 aromatic carbocycles. The lowest BCUT2D eigenvalue weighted by atomic mass is 10.1. The molecule has 0 bridgehead atoms. The first-order valence-electron chi connectivity index (χ1n) is 4.16. The summed E-state index contributed by atoms with van der Waals surface area (Å²) >= 11 is 0. The van der Waals surface area contributed by atoms with Gasteiger partial charge in [0.25, 0.3) is 0 Å². The Balaban J connectivity index is 3.38. The molecular formula is C9H19O2. The van der Waals surface area contributed by atoms with Crippen molar-refractivity contribution in [2.24, 2.45) is 0 Å². The fourth-order valence-electron chi connectivity index (χ4n) is 0.815. The van der Waals surface area contributed by atoms with Crippen LogP contribution >= 0.6 is 0 Å². The lowest BCUT2D eigenvalue weighted by Crippen LogP contribution is -2.29. The van der Waals surface area contributed by atoms with Crippen molar-refractivity contribution in [3.63, 3.8) is 0 Å². The first kappa shape index (κ1) is 10.9. The van der Waals surface area contributed by atoms with Crippen LogP contribution in [0, 0.1) is 6.61 Å². The molecule has 0 saturated carbocycles. The first-order valence-corrected chi connectivity index (χ1v) is 4.16. The Morgan fingerprint density at radius 2 is 2.00 bits per heavy atom. The van der Waals surface area contributed by atoms with Gasteiger partial charge in [-0.05, 0) is 27.2 Å². The van der Waals surface area contributed by atoms with Gasteiger partial charge in [0.1, 0.15) is 0 Å². The Bertz CT molecular complexity index is 89.6. The van der Waals surface area contributed by atoms with E-state index >= 15 is 0 Å². The van der Waals surface area contributed by atoms with Gasteiger partial charge in [0, 0.05) is 6.61 Å². The molecular weight excluding hydrogens is 140 g/mol. The third kappa shape index (κ3) is 6.32. The minimum Gasteiger partial charge on any atom is -0.378 e. The molecule has 0 aromatic heterocycles. The number of rotatable bonds is 6. The van der Waals surface area contributed by atoms with E-state index in [0.717, 1.165) is 13.0 Å².